The molecule has 0 spiro atoms. The lowest BCUT2D eigenvalue weighted by atomic mass is 10.2. The highest BCUT2D eigenvalue weighted by Gasteiger charge is 2.36. The smallest absolute Gasteiger partial charge is 0.238 e. The first kappa shape index (κ1) is 17.7. The molecular weight excluding hydrogens is 316 g/mol. The molecule has 128 valence electrons. The van der Waals surface area contributed by atoms with Gasteiger partial charge >= 0.3 is 0 Å². The summed E-state index contributed by atoms with van der Waals surface area (Å²) in [6, 6.07) is 7.23. The molecule has 0 bridgehead atoms. The summed E-state index contributed by atoms with van der Waals surface area (Å²) in [4.78, 5) is 12.1. The van der Waals surface area contributed by atoms with Gasteiger partial charge in [-0.05, 0) is 43.9 Å². The zero-order chi connectivity index (χ0) is 16.9. The number of amides is 1. The van der Waals surface area contributed by atoms with Crippen molar-refractivity contribution in [1.29, 1.82) is 0 Å². The normalized spacial score (nSPS) is 18.8. The first-order valence-corrected chi connectivity index (χ1v) is 9.67. The molecule has 1 amide bonds. The standard InChI is InChI=1S/C16H24N2O4S/c1-13-6-3-7-14(12-13)22-11-5-9-17-16(19)15-8-4-10-18(15)23(2,20)21/h3,6-7,12,15H,4-5,8-11H2,1-2H3,(H,17,19)/t15-/m1/s1. The predicted octanol–water partition coefficient (Wildman–Crippen LogP) is 1.30. The number of nitrogens with zero attached hydrogens (tertiary/aromatic N) is 1. The van der Waals surface area contributed by atoms with E-state index in [0.29, 0.717) is 32.5 Å². The van der Waals surface area contributed by atoms with Crippen LogP contribution in [0, 0.1) is 6.92 Å². The van der Waals surface area contributed by atoms with Crippen molar-refractivity contribution in [3.05, 3.63) is 29.8 Å². The SMILES string of the molecule is Cc1cccc(OCCCNC(=O)[C@H]2CCCN2S(C)(=O)=O)c1. The number of carbonyl (C=O) groups excluding carboxylic acids is 1. The molecule has 0 aromatic heterocycles. The zero-order valence-electron chi connectivity index (χ0n) is 13.6. The molecule has 7 heteroatoms. The van der Waals surface area contributed by atoms with Gasteiger partial charge in [0.2, 0.25) is 15.9 Å². The zero-order valence-corrected chi connectivity index (χ0v) is 14.4. The summed E-state index contributed by atoms with van der Waals surface area (Å²) < 4.78 is 30.2. The predicted molar refractivity (Wildman–Crippen MR) is 88.9 cm³/mol. The van der Waals surface area contributed by atoms with Gasteiger partial charge in [-0.25, -0.2) is 8.42 Å². The van der Waals surface area contributed by atoms with Crippen LogP contribution in [0.4, 0.5) is 0 Å². The molecule has 6 nitrogen and oxygen atoms in total. The van der Waals surface area contributed by atoms with Gasteiger partial charge in [0.05, 0.1) is 12.9 Å². The fourth-order valence-electron chi connectivity index (χ4n) is 2.70. The van der Waals surface area contributed by atoms with Gasteiger partial charge in [-0.15, -0.1) is 0 Å². The summed E-state index contributed by atoms with van der Waals surface area (Å²) >= 11 is 0. The molecule has 0 aliphatic carbocycles. The number of carbonyl (C=O) groups is 1. The van der Waals surface area contributed by atoms with E-state index < -0.39 is 16.1 Å². The largest absolute Gasteiger partial charge is 0.494 e. The minimum atomic E-state index is -3.32. The highest BCUT2D eigenvalue weighted by atomic mass is 32.2. The Morgan fingerprint density at radius 2 is 2.22 bits per heavy atom. The third kappa shape index (κ3) is 5.21. The molecule has 0 radical (unpaired) electrons. The molecule has 1 aliphatic heterocycles. The Morgan fingerprint density at radius 1 is 1.43 bits per heavy atom. The van der Waals surface area contributed by atoms with Crippen molar-refractivity contribution in [2.75, 3.05) is 26.0 Å². The van der Waals surface area contributed by atoms with Crippen LogP contribution in [0.15, 0.2) is 24.3 Å². The maximum atomic E-state index is 12.1. The lowest BCUT2D eigenvalue weighted by molar-refractivity contribution is -0.124. The number of benzene rings is 1. The quantitative estimate of drug-likeness (QED) is 0.759. The van der Waals surface area contributed by atoms with Gasteiger partial charge in [-0.2, -0.15) is 4.31 Å². The molecule has 2 rings (SSSR count). The molecule has 1 atom stereocenters. The lowest BCUT2D eigenvalue weighted by Crippen LogP contribution is -2.45. The highest BCUT2D eigenvalue weighted by molar-refractivity contribution is 7.88. The van der Waals surface area contributed by atoms with Crippen LogP contribution in [-0.4, -0.2) is 50.6 Å². The number of hydrogen-bond acceptors (Lipinski definition) is 4. The topological polar surface area (TPSA) is 75.7 Å². The summed E-state index contributed by atoms with van der Waals surface area (Å²) in [7, 11) is -3.32. The Hall–Kier alpha value is -1.60. The second-order valence-corrected chi connectivity index (χ2v) is 7.78. The lowest BCUT2D eigenvalue weighted by Gasteiger charge is -2.21. The van der Waals surface area contributed by atoms with Gasteiger partial charge in [0.25, 0.3) is 0 Å². The molecule has 1 aromatic carbocycles. The number of ether oxygens (including phenoxy) is 1. The Morgan fingerprint density at radius 3 is 2.91 bits per heavy atom. The molecule has 1 N–H and O–H groups in total. The minimum absolute atomic E-state index is 0.219. The number of aryl methyl sites for hydroxylation is 1. The molecule has 0 saturated carbocycles. The van der Waals surface area contributed by atoms with Crippen LogP contribution < -0.4 is 10.1 Å². The monoisotopic (exact) mass is 340 g/mol. The van der Waals surface area contributed by atoms with Crippen molar-refractivity contribution in [2.24, 2.45) is 0 Å². The third-order valence-corrected chi connectivity index (χ3v) is 5.10. The molecule has 1 fully saturated rings. The van der Waals surface area contributed by atoms with Crippen LogP contribution in [0.3, 0.4) is 0 Å². The molecule has 0 unspecified atom stereocenters. The van der Waals surface area contributed by atoms with Gasteiger partial charge in [0, 0.05) is 13.1 Å². The number of rotatable bonds is 7. The van der Waals surface area contributed by atoms with Gasteiger partial charge in [0.1, 0.15) is 11.8 Å². The molecule has 1 aromatic rings. The maximum Gasteiger partial charge on any atom is 0.238 e. The summed E-state index contributed by atoms with van der Waals surface area (Å²) in [6.07, 6.45) is 3.12. The van der Waals surface area contributed by atoms with Crippen molar-refractivity contribution in [3.63, 3.8) is 0 Å². The van der Waals surface area contributed by atoms with Crippen LogP contribution >= 0.6 is 0 Å². The first-order valence-electron chi connectivity index (χ1n) is 7.82. The Labute approximate surface area is 137 Å². The van der Waals surface area contributed by atoms with Crippen molar-refractivity contribution < 1.29 is 17.9 Å². The third-order valence-electron chi connectivity index (χ3n) is 3.81. The molecule has 1 aliphatic rings. The van der Waals surface area contributed by atoms with Crippen LogP contribution in [0.1, 0.15) is 24.8 Å². The summed E-state index contributed by atoms with van der Waals surface area (Å²) in [5, 5.41) is 2.80. The van der Waals surface area contributed by atoms with E-state index in [4.69, 9.17) is 4.74 Å². The van der Waals surface area contributed by atoms with Crippen LogP contribution in [0.25, 0.3) is 0 Å². The Kier molecular flexibility index (Phi) is 6.01. The van der Waals surface area contributed by atoms with Crippen molar-refractivity contribution in [1.82, 2.24) is 9.62 Å². The molecule has 23 heavy (non-hydrogen) atoms. The fourth-order valence-corrected chi connectivity index (χ4v) is 3.82. The maximum absolute atomic E-state index is 12.1. The average molecular weight is 340 g/mol. The Bertz CT molecular complexity index is 645. The van der Waals surface area contributed by atoms with E-state index in [1.165, 1.54) is 4.31 Å². The average Bonchev–Trinajstić information content (AvgIpc) is 2.96. The van der Waals surface area contributed by atoms with Crippen LogP contribution in [0.5, 0.6) is 5.75 Å². The van der Waals surface area contributed by atoms with Crippen LogP contribution in [-0.2, 0) is 14.8 Å². The summed E-state index contributed by atoms with van der Waals surface area (Å²) in [5.74, 6) is 0.596. The molecule has 1 saturated heterocycles. The first-order chi connectivity index (χ1) is 10.9. The summed E-state index contributed by atoms with van der Waals surface area (Å²) in [6.45, 7) is 3.40. The number of sulfonamides is 1. The number of hydrogen-bond donors (Lipinski definition) is 1. The van der Waals surface area contributed by atoms with Gasteiger partial charge in [-0.3, -0.25) is 4.79 Å². The number of nitrogens with one attached hydrogen (secondary N) is 1. The second kappa shape index (κ2) is 7.79. The van der Waals surface area contributed by atoms with Gasteiger partial charge < -0.3 is 10.1 Å². The van der Waals surface area contributed by atoms with Gasteiger partial charge in [0.15, 0.2) is 0 Å². The van der Waals surface area contributed by atoms with E-state index in [0.717, 1.165) is 24.0 Å². The van der Waals surface area contributed by atoms with E-state index >= 15 is 0 Å². The molecule has 1 heterocycles. The minimum Gasteiger partial charge on any atom is -0.494 e. The molecular formula is C16H24N2O4S. The van der Waals surface area contributed by atoms with E-state index in [1.54, 1.807) is 0 Å². The summed E-state index contributed by atoms with van der Waals surface area (Å²) in [5.41, 5.74) is 1.14. The van der Waals surface area contributed by atoms with E-state index in [9.17, 15) is 13.2 Å². The second-order valence-electron chi connectivity index (χ2n) is 5.84. The van der Waals surface area contributed by atoms with Crippen LogP contribution in [0.2, 0.25) is 0 Å². The fraction of sp³-hybridized carbons (Fsp3) is 0.562. The Balaban J connectivity index is 1.71. The van der Waals surface area contributed by atoms with E-state index in [1.807, 2.05) is 31.2 Å². The van der Waals surface area contributed by atoms with Crippen molar-refractivity contribution in [2.45, 2.75) is 32.2 Å². The van der Waals surface area contributed by atoms with Crippen molar-refractivity contribution in [3.8, 4) is 5.75 Å². The van der Waals surface area contributed by atoms with E-state index in [-0.39, 0.29) is 5.91 Å². The van der Waals surface area contributed by atoms with Crippen molar-refractivity contribution >= 4 is 15.9 Å². The van der Waals surface area contributed by atoms with E-state index in [2.05, 4.69) is 5.32 Å². The highest BCUT2D eigenvalue weighted by Crippen LogP contribution is 2.20. The van der Waals surface area contributed by atoms with Gasteiger partial charge in [-0.1, -0.05) is 12.1 Å².